The lowest BCUT2D eigenvalue weighted by atomic mass is 10.2. The molecule has 2 heterocycles. The number of thiophene rings is 1. The first-order valence-corrected chi connectivity index (χ1v) is 8.67. The van der Waals surface area contributed by atoms with E-state index in [-0.39, 0.29) is 17.8 Å². The van der Waals surface area contributed by atoms with Gasteiger partial charge in [0.15, 0.2) is 0 Å². The summed E-state index contributed by atoms with van der Waals surface area (Å²) in [4.78, 5) is 13.6. The van der Waals surface area contributed by atoms with Gasteiger partial charge in [0.05, 0.1) is 10.6 Å². The van der Waals surface area contributed by atoms with Crippen LogP contribution in [0.25, 0.3) is 16.3 Å². The smallest absolute Gasteiger partial charge is 0.270 e. The van der Waals surface area contributed by atoms with Crippen LogP contribution < -0.4 is 5.32 Å². The van der Waals surface area contributed by atoms with E-state index < -0.39 is 0 Å². The molecule has 1 aromatic carbocycles. The summed E-state index contributed by atoms with van der Waals surface area (Å²) in [5.74, 6) is -0.515. The number of amides is 1. The lowest BCUT2D eigenvalue weighted by molar-refractivity contribution is 0.0931. The first-order valence-electron chi connectivity index (χ1n) is 7.79. The van der Waals surface area contributed by atoms with Crippen LogP contribution in [-0.2, 0) is 0 Å². The van der Waals surface area contributed by atoms with Crippen LogP contribution in [0.5, 0.6) is 0 Å². The number of rotatable bonds is 5. The molecule has 1 atom stereocenters. The molecule has 3 aromatic rings. The van der Waals surface area contributed by atoms with E-state index >= 15 is 0 Å². The van der Waals surface area contributed by atoms with Crippen molar-refractivity contribution < 1.29 is 9.18 Å². The number of nitrogens with zero attached hydrogens (tertiary/aromatic N) is 2. The molecule has 2 aromatic heterocycles. The summed E-state index contributed by atoms with van der Waals surface area (Å²) >= 11 is 1.56. The number of hydrogen-bond donors (Lipinski definition) is 1. The minimum atomic E-state index is -0.324. The SMILES string of the molecule is CCC(C)NC(=O)c1cc(-c2cccs2)nn1-c1ccc(F)cc1. The number of nitrogens with one attached hydrogen (secondary N) is 1. The number of halogens is 1. The zero-order valence-electron chi connectivity index (χ0n) is 13.5. The van der Waals surface area contributed by atoms with Crippen LogP contribution >= 0.6 is 11.3 Å². The Kier molecular flexibility index (Phi) is 4.76. The molecule has 124 valence electrons. The summed E-state index contributed by atoms with van der Waals surface area (Å²) in [6.45, 7) is 3.97. The predicted octanol–water partition coefficient (Wildman–Crippen LogP) is 4.27. The number of carbonyl (C=O) groups is 1. The first kappa shape index (κ1) is 16.4. The minimum Gasteiger partial charge on any atom is -0.348 e. The molecular formula is C18H18FN3OS. The Labute approximate surface area is 143 Å². The van der Waals surface area contributed by atoms with Crippen LogP contribution in [-0.4, -0.2) is 21.7 Å². The largest absolute Gasteiger partial charge is 0.348 e. The summed E-state index contributed by atoms with van der Waals surface area (Å²) in [6.07, 6.45) is 0.841. The zero-order valence-corrected chi connectivity index (χ0v) is 14.3. The van der Waals surface area contributed by atoms with Gasteiger partial charge in [-0.15, -0.1) is 11.3 Å². The fourth-order valence-electron chi connectivity index (χ4n) is 2.27. The Bertz CT molecular complexity index is 825. The molecule has 1 unspecified atom stereocenters. The van der Waals surface area contributed by atoms with Crippen molar-refractivity contribution in [3.05, 3.63) is 59.4 Å². The van der Waals surface area contributed by atoms with E-state index in [0.29, 0.717) is 11.4 Å². The molecule has 3 rings (SSSR count). The highest BCUT2D eigenvalue weighted by molar-refractivity contribution is 7.13. The summed E-state index contributed by atoms with van der Waals surface area (Å²) in [5, 5.41) is 9.47. The van der Waals surface area contributed by atoms with E-state index in [1.807, 2.05) is 31.4 Å². The molecular weight excluding hydrogens is 325 g/mol. The molecule has 0 fully saturated rings. The Morgan fingerprint density at radius 2 is 2.08 bits per heavy atom. The highest BCUT2D eigenvalue weighted by Gasteiger charge is 2.19. The van der Waals surface area contributed by atoms with E-state index in [9.17, 15) is 9.18 Å². The second-order valence-electron chi connectivity index (χ2n) is 5.56. The topological polar surface area (TPSA) is 46.9 Å². The zero-order chi connectivity index (χ0) is 17.1. The Morgan fingerprint density at radius 3 is 2.71 bits per heavy atom. The van der Waals surface area contributed by atoms with Gasteiger partial charge in [0.1, 0.15) is 17.2 Å². The summed E-state index contributed by atoms with van der Waals surface area (Å²) in [7, 11) is 0. The number of carbonyl (C=O) groups excluding carboxylic acids is 1. The average Bonchev–Trinajstić information content (AvgIpc) is 3.24. The van der Waals surface area contributed by atoms with Crippen molar-refractivity contribution in [3.8, 4) is 16.3 Å². The monoisotopic (exact) mass is 343 g/mol. The first-order chi connectivity index (χ1) is 11.6. The van der Waals surface area contributed by atoms with Gasteiger partial charge in [0, 0.05) is 6.04 Å². The molecule has 1 N–H and O–H groups in total. The molecule has 24 heavy (non-hydrogen) atoms. The number of hydrogen-bond acceptors (Lipinski definition) is 3. The minimum absolute atomic E-state index is 0.0688. The third kappa shape index (κ3) is 3.38. The van der Waals surface area contributed by atoms with Crippen molar-refractivity contribution in [2.75, 3.05) is 0 Å². The van der Waals surface area contributed by atoms with Crippen LogP contribution in [0.2, 0.25) is 0 Å². The van der Waals surface area contributed by atoms with Gasteiger partial charge < -0.3 is 5.32 Å². The van der Waals surface area contributed by atoms with Crippen molar-refractivity contribution in [3.63, 3.8) is 0 Å². The van der Waals surface area contributed by atoms with Gasteiger partial charge in [-0.2, -0.15) is 5.10 Å². The molecule has 0 bridgehead atoms. The molecule has 0 aliphatic heterocycles. The van der Waals surface area contributed by atoms with E-state index in [1.165, 1.54) is 12.1 Å². The summed E-state index contributed by atoms with van der Waals surface area (Å²) < 4.78 is 14.8. The second-order valence-corrected chi connectivity index (χ2v) is 6.51. The van der Waals surface area contributed by atoms with E-state index in [2.05, 4.69) is 10.4 Å². The highest BCUT2D eigenvalue weighted by Crippen LogP contribution is 2.26. The van der Waals surface area contributed by atoms with Crippen LogP contribution in [0.3, 0.4) is 0 Å². The Hall–Kier alpha value is -2.47. The van der Waals surface area contributed by atoms with Gasteiger partial charge in [0.2, 0.25) is 0 Å². The molecule has 4 nitrogen and oxygen atoms in total. The quantitative estimate of drug-likeness (QED) is 0.752. The molecule has 1 amide bonds. The molecule has 6 heteroatoms. The predicted molar refractivity (Wildman–Crippen MR) is 94.1 cm³/mol. The van der Waals surface area contributed by atoms with Crippen LogP contribution in [0.4, 0.5) is 4.39 Å². The van der Waals surface area contributed by atoms with Crippen LogP contribution in [0.15, 0.2) is 47.8 Å². The van der Waals surface area contributed by atoms with Crippen molar-refractivity contribution in [1.29, 1.82) is 0 Å². The van der Waals surface area contributed by atoms with Crippen LogP contribution in [0.1, 0.15) is 30.8 Å². The lowest BCUT2D eigenvalue weighted by Crippen LogP contribution is -2.33. The highest BCUT2D eigenvalue weighted by atomic mass is 32.1. The van der Waals surface area contributed by atoms with Crippen molar-refractivity contribution in [2.45, 2.75) is 26.3 Å². The van der Waals surface area contributed by atoms with Gasteiger partial charge >= 0.3 is 0 Å². The van der Waals surface area contributed by atoms with E-state index in [1.54, 1.807) is 34.2 Å². The van der Waals surface area contributed by atoms with Gasteiger partial charge in [0.25, 0.3) is 5.91 Å². The van der Waals surface area contributed by atoms with Gasteiger partial charge in [-0.25, -0.2) is 9.07 Å². The second kappa shape index (κ2) is 6.97. The average molecular weight is 343 g/mol. The Balaban J connectivity index is 2.04. The summed E-state index contributed by atoms with van der Waals surface area (Å²) in [6, 6.07) is 11.7. The van der Waals surface area contributed by atoms with E-state index in [4.69, 9.17) is 0 Å². The standard InChI is InChI=1S/C18H18FN3OS/c1-3-12(2)20-18(23)16-11-15(17-5-4-10-24-17)21-22(16)14-8-6-13(19)7-9-14/h4-12H,3H2,1-2H3,(H,20,23). The summed E-state index contributed by atoms with van der Waals surface area (Å²) in [5.41, 5.74) is 1.81. The molecule has 0 spiro atoms. The number of benzene rings is 1. The van der Waals surface area contributed by atoms with Gasteiger partial charge in [-0.05, 0) is 55.1 Å². The fourth-order valence-corrected chi connectivity index (χ4v) is 2.95. The Morgan fingerprint density at radius 1 is 1.33 bits per heavy atom. The van der Waals surface area contributed by atoms with Gasteiger partial charge in [-0.1, -0.05) is 13.0 Å². The molecule has 0 radical (unpaired) electrons. The third-order valence-electron chi connectivity index (χ3n) is 3.78. The van der Waals surface area contributed by atoms with Gasteiger partial charge in [-0.3, -0.25) is 4.79 Å². The van der Waals surface area contributed by atoms with Crippen molar-refractivity contribution in [1.82, 2.24) is 15.1 Å². The van der Waals surface area contributed by atoms with Crippen molar-refractivity contribution >= 4 is 17.2 Å². The molecule has 0 aliphatic rings. The third-order valence-corrected chi connectivity index (χ3v) is 4.67. The van der Waals surface area contributed by atoms with Crippen LogP contribution in [0, 0.1) is 5.82 Å². The fraction of sp³-hybridized carbons (Fsp3) is 0.222. The lowest BCUT2D eigenvalue weighted by Gasteiger charge is -2.12. The van der Waals surface area contributed by atoms with E-state index in [0.717, 1.165) is 17.0 Å². The maximum Gasteiger partial charge on any atom is 0.270 e. The molecule has 0 saturated carbocycles. The normalized spacial score (nSPS) is 12.1. The maximum absolute atomic E-state index is 13.2. The molecule has 0 aliphatic carbocycles. The van der Waals surface area contributed by atoms with Crippen molar-refractivity contribution in [2.24, 2.45) is 0 Å². The number of aromatic nitrogens is 2. The molecule has 0 saturated heterocycles. The maximum atomic E-state index is 13.2.